The number of amides is 1. The Morgan fingerprint density at radius 3 is 2.74 bits per heavy atom. The summed E-state index contributed by atoms with van der Waals surface area (Å²) in [5, 5.41) is 25.6. The minimum absolute atomic E-state index is 0.139. The molecular formula is C12H11N3O4. The number of guanidine groups is 1. The third-order valence-electron chi connectivity index (χ3n) is 3.25. The van der Waals surface area contributed by atoms with Crippen LogP contribution < -0.4 is 10.6 Å². The number of carbonyl (C=O) groups is 2. The Bertz CT molecular complexity index is 642. The predicted octanol–water partition coefficient (Wildman–Crippen LogP) is -1.19. The van der Waals surface area contributed by atoms with Crippen molar-refractivity contribution in [1.82, 2.24) is 10.6 Å². The second-order valence-corrected chi connectivity index (χ2v) is 4.52. The molecule has 0 saturated heterocycles. The molecule has 3 rings (SSSR count). The monoisotopic (exact) mass is 261 g/mol. The van der Waals surface area contributed by atoms with Crippen LogP contribution in [0.5, 0.6) is 0 Å². The zero-order chi connectivity index (χ0) is 13.8. The van der Waals surface area contributed by atoms with Gasteiger partial charge in [-0.25, -0.2) is 4.99 Å². The number of aliphatic hydroxyl groups is 2. The minimum Gasteiger partial charge on any atom is -0.361 e. The number of nitrogens with one attached hydrogen (secondary N) is 2. The summed E-state index contributed by atoms with van der Waals surface area (Å²) < 4.78 is 0. The Hall–Kier alpha value is -2.25. The number of benzene rings is 1. The Kier molecular flexibility index (Phi) is 2.11. The van der Waals surface area contributed by atoms with Gasteiger partial charge >= 0.3 is 0 Å². The van der Waals surface area contributed by atoms with Crippen LogP contribution in [0.3, 0.4) is 0 Å². The Morgan fingerprint density at radius 1 is 1.37 bits per heavy atom. The van der Waals surface area contributed by atoms with Gasteiger partial charge in [0, 0.05) is 18.1 Å². The third-order valence-corrected chi connectivity index (χ3v) is 3.25. The zero-order valence-corrected chi connectivity index (χ0v) is 9.97. The molecule has 0 unspecified atom stereocenters. The maximum Gasteiger partial charge on any atom is 0.258 e. The molecule has 7 heteroatoms. The molecule has 1 aromatic carbocycles. The number of ketones is 1. The number of nitrogens with zero attached hydrogens (tertiary/aromatic N) is 1. The molecule has 7 nitrogen and oxygen atoms in total. The fraction of sp³-hybridized carbons (Fsp3) is 0.250. The number of aliphatic imine (C=N–C) groups is 1. The molecule has 1 aromatic rings. The van der Waals surface area contributed by atoms with E-state index in [9.17, 15) is 19.8 Å². The molecule has 1 amide bonds. The van der Waals surface area contributed by atoms with E-state index in [0.29, 0.717) is 0 Å². The van der Waals surface area contributed by atoms with Crippen molar-refractivity contribution in [3.63, 3.8) is 0 Å². The molecule has 0 bridgehead atoms. The normalized spacial score (nSPS) is 31.3. The summed E-state index contributed by atoms with van der Waals surface area (Å²) in [6, 6.07) is 6.26. The van der Waals surface area contributed by atoms with Crippen LogP contribution in [-0.4, -0.2) is 33.6 Å². The van der Waals surface area contributed by atoms with Gasteiger partial charge in [0.05, 0.1) is 0 Å². The molecule has 0 radical (unpaired) electrons. The van der Waals surface area contributed by atoms with Crippen LogP contribution in [-0.2, 0) is 10.5 Å². The molecule has 0 saturated carbocycles. The van der Waals surface area contributed by atoms with Gasteiger partial charge in [-0.05, 0) is 0 Å². The van der Waals surface area contributed by atoms with Gasteiger partial charge in [-0.15, -0.1) is 0 Å². The van der Waals surface area contributed by atoms with E-state index in [4.69, 9.17) is 0 Å². The second kappa shape index (κ2) is 3.40. The van der Waals surface area contributed by atoms with Crippen molar-refractivity contribution < 1.29 is 19.8 Å². The summed E-state index contributed by atoms with van der Waals surface area (Å²) in [7, 11) is 0. The molecule has 0 spiro atoms. The summed E-state index contributed by atoms with van der Waals surface area (Å²) in [4.78, 5) is 27.0. The summed E-state index contributed by atoms with van der Waals surface area (Å²) in [6.07, 6.45) is 0. The SMILES string of the molecule is CC(=O)NC1=N[C@@]2(O)c3ccccc3C(=O)[C@]2(O)N1. The van der Waals surface area contributed by atoms with E-state index < -0.39 is 23.1 Å². The van der Waals surface area contributed by atoms with Crippen molar-refractivity contribution >= 4 is 17.6 Å². The Labute approximate surface area is 108 Å². The first-order valence-electron chi connectivity index (χ1n) is 5.63. The van der Waals surface area contributed by atoms with Crippen molar-refractivity contribution in [2.45, 2.75) is 18.4 Å². The van der Waals surface area contributed by atoms with E-state index in [2.05, 4.69) is 15.6 Å². The van der Waals surface area contributed by atoms with Crippen molar-refractivity contribution in [2.75, 3.05) is 0 Å². The van der Waals surface area contributed by atoms with Crippen molar-refractivity contribution in [3.8, 4) is 0 Å². The van der Waals surface area contributed by atoms with Crippen molar-refractivity contribution in [2.24, 2.45) is 4.99 Å². The van der Waals surface area contributed by atoms with Gasteiger partial charge in [-0.1, -0.05) is 24.3 Å². The predicted molar refractivity (Wildman–Crippen MR) is 64.0 cm³/mol. The lowest BCUT2D eigenvalue weighted by atomic mass is 10.0. The molecule has 1 aliphatic heterocycles. The lowest BCUT2D eigenvalue weighted by Crippen LogP contribution is -2.59. The first kappa shape index (κ1) is 11.8. The molecular weight excluding hydrogens is 250 g/mol. The Balaban J connectivity index is 2.15. The lowest BCUT2D eigenvalue weighted by Gasteiger charge is -2.27. The molecule has 1 aliphatic carbocycles. The number of hydrogen-bond donors (Lipinski definition) is 4. The first-order chi connectivity index (χ1) is 8.88. The number of rotatable bonds is 0. The van der Waals surface area contributed by atoms with Gasteiger partial charge in [-0.2, -0.15) is 0 Å². The van der Waals surface area contributed by atoms with Gasteiger partial charge in [-0.3, -0.25) is 14.9 Å². The molecule has 2 atom stereocenters. The van der Waals surface area contributed by atoms with Crippen molar-refractivity contribution in [3.05, 3.63) is 35.4 Å². The fourth-order valence-electron chi connectivity index (χ4n) is 2.41. The molecule has 2 aliphatic rings. The summed E-state index contributed by atoms with van der Waals surface area (Å²) in [5.74, 6) is -1.26. The van der Waals surface area contributed by atoms with Crippen LogP contribution >= 0.6 is 0 Å². The van der Waals surface area contributed by atoms with Crippen LogP contribution in [0.2, 0.25) is 0 Å². The van der Waals surface area contributed by atoms with Gasteiger partial charge < -0.3 is 15.5 Å². The van der Waals surface area contributed by atoms with Gasteiger partial charge in [0.2, 0.25) is 23.4 Å². The van der Waals surface area contributed by atoms with Gasteiger partial charge in [0.15, 0.2) is 0 Å². The average Bonchev–Trinajstić information content (AvgIpc) is 2.68. The van der Waals surface area contributed by atoms with Crippen LogP contribution in [0.25, 0.3) is 0 Å². The zero-order valence-electron chi connectivity index (χ0n) is 9.97. The fourth-order valence-corrected chi connectivity index (χ4v) is 2.41. The summed E-state index contributed by atoms with van der Waals surface area (Å²) in [6.45, 7) is 1.25. The molecule has 0 fully saturated rings. The van der Waals surface area contributed by atoms with E-state index in [0.717, 1.165) is 0 Å². The van der Waals surface area contributed by atoms with Crippen LogP contribution in [0.15, 0.2) is 29.3 Å². The van der Waals surface area contributed by atoms with Crippen molar-refractivity contribution in [1.29, 1.82) is 0 Å². The number of carbonyl (C=O) groups excluding carboxylic acids is 2. The highest BCUT2D eigenvalue weighted by Gasteiger charge is 2.67. The van der Waals surface area contributed by atoms with E-state index in [-0.39, 0.29) is 17.1 Å². The van der Waals surface area contributed by atoms with Crippen LogP contribution in [0.4, 0.5) is 0 Å². The van der Waals surface area contributed by atoms with Gasteiger partial charge in [0.1, 0.15) is 0 Å². The smallest absolute Gasteiger partial charge is 0.258 e. The number of fused-ring (bicyclic) bond motifs is 3. The quantitative estimate of drug-likeness (QED) is 0.469. The second-order valence-electron chi connectivity index (χ2n) is 4.52. The highest BCUT2D eigenvalue weighted by molar-refractivity contribution is 6.12. The number of hydrogen-bond acceptors (Lipinski definition) is 6. The van der Waals surface area contributed by atoms with Gasteiger partial charge in [0.25, 0.3) is 5.72 Å². The largest absolute Gasteiger partial charge is 0.361 e. The molecule has 19 heavy (non-hydrogen) atoms. The van der Waals surface area contributed by atoms with Crippen LogP contribution in [0.1, 0.15) is 22.8 Å². The first-order valence-corrected chi connectivity index (χ1v) is 5.63. The van der Waals surface area contributed by atoms with E-state index >= 15 is 0 Å². The molecule has 4 N–H and O–H groups in total. The van der Waals surface area contributed by atoms with E-state index in [1.165, 1.54) is 19.1 Å². The van der Waals surface area contributed by atoms with Crippen LogP contribution in [0, 0.1) is 0 Å². The maximum atomic E-state index is 12.2. The summed E-state index contributed by atoms with van der Waals surface area (Å²) >= 11 is 0. The average molecular weight is 261 g/mol. The van der Waals surface area contributed by atoms with E-state index in [1.54, 1.807) is 12.1 Å². The number of Topliss-reactive ketones (excluding diaryl/α,β-unsaturated/α-hetero) is 1. The minimum atomic E-state index is -2.28. The lowest BCUT2D eigenvalue weighted by molar-refractivity contribution is -0.118. The highest BCUT2D eigenvalue weighted by atomic mass is 16.4. The molecule has 98 valence electrons. The molecule has 0 aromatic heterocycles. The standard InChI is InChI=1S/C12H11N3O4/c1-6(16)13-10-14-11(18)8-5-3-2-4-7(8)9(17)12(11,19)15-10/h2-5,18-19H,1H3,(H2,13,14,15,16)/t11-,12-/m1/s1. The highest BCUT2D eigenvalue weighted by Crippen LogP contribution is 2.46. The maximum absolute atomic E-state index is 12.2. The summed E-state index contributed by atoms with van der Waals surface area (Å²) in [5.41, 5.74) is -4.01. The van der Waals surface area contributed by atoms with E-state index in [1.807, 2.05) is 0 Å². The third kappa shape index (κ3) is 1.31. The Morgan fingerprint density at radius 2 is 2.05 bits per heavy atom. The molecule has 1 heterocycles. The topological polar surface area (TPSA) is 111 Å².